The summed E-state index contributed by atoms with van der Waals surface area (Å²) in [7, 11) is 0. The van der Waals surface area contributed by atoms with Crippen molar-refractivity contribution in [2.45, 2.75) is 25.3 Å². The van der Waals surface area contributed by atoms with Crippen LogP contribution in [0.2, 0.25) is 0 Å². The van der Waals surface area contributed by atoms with Crippen molar-refractivity contribution >= 4 is 12.1 Å². The Kier molecular flexibility index (Phi) is 5.52. The molecule has 17 heavy (non-hydrogen) atoms. The largest absolute Gasteiger partial charge is 0.330 e. The number of rotatable bonds is 7. The van der Waals surface area contributed by atoms with Crippen molar-refractivity contribution in [2.75, 3.05) is 6.54 Å². The van der Waals surface area contributed by atoms with Crippen LogP contribution in [-0.4, -0.2) is 24.7 Å². The van der Waals surface area contributed by atoms with Gasteiger partial charge in [0.25, 0.3) is 0 Å². The van der Waals surface area contributed by atoms with Gasteiger partial charge in [-0.2, -0.15) is 0 Å². The van der Waals surface area contributed by atoms with Crippen LogP contribution in [0.1, 0.15) is 40.0 Å². The van der Waals surface area contributed by atoms with E-state index in [1.54, 1.807) is 24.3 Å². The molecule has 0 aliphatic rings. The van der Waals surface area contributed by atoms with Crippen LogP contribution in [0.3, 0.4) is 0 Å². The number of Topliss-reactive ketones (excluding diaryl/α,β-unsaturated/α-hetero) is 1. The van der Waals surface area contributed by atoms with Crippen LogP contribution in [0.4, 0.5) is 0 Å². The van der Waals surface area contributed by atoms with Crippen molar-refractivity contribution in [3.8, 4) is 0 Å². The van der Waals surface area contributed by atoms with E-state index in [4.69, 9.17) is 11.5 Å². The topological polar surface area (TPSA) is 86.2 Å². The summed E-state index contributed by atoms with van der Waals surface area (Å²) in [6.45, 7) is 0.603. The van der Waals surface area contributed by atoms with Crippen molar-refractivity contribution in [2.24, 2.45) is 11.5 Å². The number of aldehydes is 1. The molecule has 4 nitrogen and oxygen atoms in total. The predicted molar refractivity (Wildman–Crippen MR) is 67.0 cm³/mol. The highest BCUT2D eigenvalue weighted by Crippen LogP contribution is 2.11. The lowest BCUT2D eigenvalue weighted by Gasteiger charge is -2.11. The van der Waals surface area contributed by atoms with Gasteiger partial charge in [0.15, 0.2) is 12.1 Å². The van der Waals surface area contributed by atoms with E-state index in [9.17, 15) is 9.59 Å². The van der Waals surface area contributed by atoms with Crippen LogP contribution in [0.5, 0.6) is 0 Å². The first-order chi connectivity index (χ1) is 8.20. The SMILES string of the molecule is NCCCC[C@@H](N)C(=O)c1ccccc1C=O. The fourth-order valence-electron chi connectivity index (χ4n) is 1.66. The summed E-state index contributed by atoms with van der Waals surface area (Å²) in [4.78, 5) is 22.8. The van der Waals surface area contributed by atoms with Crippen molar-refractivity contribution in [1.29, 1.82) is 0 Å². The average molecular weight is 234 g/mol. The van der Waals surface area contributed by atoms with Crippen LogP contribution in [0.25, 0.3) is 0 Å². The molecule has 0 aliphatic carbocycles. The van der Waals surface area contributed by atoms with Crippen molar-refractivity contribution < 1.29 is 9.59 Å². The number of hydrogen-bond donors (Lipinski definition) is 2. The zero-order valence-electron chi connectivity index (χ0n) is 9.76. The Morgan fingerprint density at radius 3 is 2.65 bits per heavy atom. The van der Waals surface area contributed by atoms with Gasteiger partial charge in [0.2, 0.25) is 0 Å². The summed E-state index contributed by atoms with van der Waals surface area (Å²) in [5.41, 5.74) is 12.0. The van der Waals surface area contributed by atoms with Gasteiger partial charge in [-0.3, -0.25) is 9.59 Å². The molecule has 0 saturated carbocycles. The van der Waals surface area contributed by atoms with E-state index < -0.39 is 6.04 Å². The van der Waals surface area contributed by atoms with Gasteiger partial charge < -0.3 is 11.5 Å². The third-order valence-electron chi connectivity index (χ3n) is 2.66. The van der Waals surface area contributed by atoms with E-state index in [1.165, 1.54) is 0 Å². The van der Waals surface area contributed by atoms with Crippen LogP contribution < -0.4 is 11.5 Å². The quantitative estimate of drug-likeness (QED) is 0.421. The maximum absolute atomic E-state index is 12.0. The lowest BCUT2D eigenvalue weighted by atomic mass is 9.97. The second kappa shape index (κ2) is 6.93. The number of unbranched alkanes of at least 4 members (excludes halogenated alkanes) is 1. The molecular formula is C13H18N2O2. The maximum Gasteiger partial charge on any atom is 0.180 e. The minimum absolute atomic E-state index is 0.176. The summed E-state index contributed by atoms with van der Waals surface area (Å²) < 4.78 is 0. The molecule has 0 spiro atoms. The van der Waals surface area contributed by atoms with Crippen LogP contribution in [0, 0.1) is 0 Å². The number of carbonyl (C=O) groups excluding carboxylic acids is 2. The third-order valence-corrected chi connectivity index (χ3v) is 2.66. The van der Waals surface area contributed by atoms with Crippen molar-refractivity contribution in [3.05, 3.63) is 35.4 Å². The van der Waals surface area contributed by atoms with Gasteiger partial charge in [0, 0.05) is 11.1 Å². The standard InChI is InChI=1S/C13H18N2O2/c14-8-4-3-7-12(15)13(17)11-6-2-1-5-10(11)9-16/h1-2,5-6,9,12H,3-4,7-8,14-15H2/t12-/m1/s1. The van der Waals surface area contributed by atoms with E-state index in [0.717, 1.165) is 12.8 Å². The number of nitrogens with two attached hydrogens (primary N) is 2. The first kappa shape index (κ1) is 13.5. The second-order valence-corrected chi connectivity index (χ2v) is 3.96. The van der Waals surface area contributed by atoms with Gasteiger partial charge >= 0.3 is 0 Å². The molecule has 4 N–H and O–H groups in total. The number of carbonyl (C=O) groups is 2. The number of benzene rings is 1. The lowest BCUT2D eigenvalue weighted by molar-refractivity contribution is 0.0950. The van der Waals surface area contributed by atoms with Gasteiger partial charge in [-0.1, -0.05) is 30.7 Å². The molecule has 1 aromatic carbocycles. The van der Waals surface area contributed by atoms with Crippen LogP contribution >= 0.6 is 0 Å². The molecule has 0 aromatic heterocycles. The maximum atomic E-state index is 12.0. The molecule has 1 rings (SSSR count). The number of ketones is 1. The first-order valence-corrected chi connectivity index (χ1v) is 5.74. The zero-order valence-corrected chi connectivity index (χ0v) is 9.76. The van der Waals surface area contributed by atoms with Crippen LogP contribution in [-0.2, 0) is 0 Å². The molecule has 0 radical (unpaired) electrons. The Hall–Kier alpha value is -1.52. The van der Waals surface area contributed by atoms with Crippen molar-refractivity contribution in [3.63, 3.8) is 0 Å². The van der Waals surface area contributed by atoms with E-state index in [1.807, 2.05) is 0 Å². The van der Waals surface area contributed by atoms with E-state index >= 15 is 0 Å². The molecule has 4 heteroatoms. The van der Waals surface area contributed by atoms with Crippen molar-refractivity contribution in [1.82, 2.24) is 0 Å². The second-order valence-electron chi connectivity index (χ2n) is 3.96. The fourth-order valence-corrected chi connectivity index (χ4v) is 1.66. The Morgan fingerprint density at radius 1 is 1.29 bits per heavy atom. The third kappa shape index (κ3) is 3.76. The minimum atomic E-state index is -0.553. The zero-order chi connectivity index (χ0) is 12.7. The predicted octanol–water partition coefficient (Wildman–Crippen LogP) is 1.14. The van der Waals surface area contributed by atoms with Gasteiger partial charge in [-0.25, -0.2) is 0 Å². The van der Waals surface area contributed by atoms with Gasteiger partial charge in [0.1, 0.15) is 0 Å². The molecular weight excluding hydrogens is 216 g/mol. The Bertz CT molecular complexity index is 391. The Balaban J connectivity index is 2.71. The minimum Gasteiger partial charge on any atom is -0.330 e. The highest BCUT2D eigenvalue weighted by Gasteiger charge is 2.17. The van der Waals surface area contributed by atoms with Gasteiger partial charge in [-0.05, 0) is 19.4 Å². The van der Waals surface area contributed by atoms with Gasteiger partial charge in [0.05, 0.1) is 6.04 Å². The highest BCUT2D eigenvalue weighted by molar-refractivity contribution is 6.05. The monoisotopic (exact) mass is 234 g/mol. The first-order valence-electron chi connectivity index (χ1n) is 5.74. The molecule has 1 atom stereocenters. The molecule has 0 aliphatic heterocycles. The molecule has 92 valence electrons. The highest BCUT2D eigenvalue weighted by atomic mass is 16.1. The molecule has 0 saturated heterocycles. The summed E-state index contributed by atoms with van der Waals surface area (Å²) in [6, 6.07) is 6.15. The van der Waals surface area contributed by atoms with E-state index in [2.05, 4.69) is 0 Å². The fraction of sp³-hybridized carbons (Fsp3) is 0.385. The van der Waals surface area contributed by atoms with E-state index in [-0.39, 0.29) is 5.78 Å². The Labute approximate surface area is 101 Å². The van der Waals surface area contributed by atoms with Crippen LogP contribution in [0.15, 0.2) is 24.3 Å². The summed E-state index contributed by atoms with van der Waals surface area (Å²) in [5, 5.41) is 0. The summed E-state index contributed by atoms with van der Waals surface area (Å²) >= 11 is 0. The molecule has 0 heterocycles. The molecule has 1 aromatic rings. The molecule has 0 bridgehead atoms. The van der Waals surface area contributed by atoms with E-state index in [0.29, 0.717) is 30.4 Å². The molecule has 0 unspecified atom stereocenters. The smallest absolute Gasteiger partial charge is 0.180 e. The normalized spacial score (nSPS) is 12.1. The molecule has 0 amide bonds. The lowest BCUT2D eigenvalue weighted by Crippen LogP contribution is -2.31. The Morgan fingerprint density at radius 2 is 2.00 bits per heavy atom. The summed E-state index contributed by atoms with van der Waals surface area (Å²) in [6.07, 6.45) is 2.96. The van der Waals surface area contributed by atoms with Gasteiger partial charge in [-0.15, -0.1) is 0 Å². The average Bonchev–Trinajstić information content (AvgIpc) is 2.38. The molecule has 0 fully saturated rings. The number of hydrogen-bond acceptors (Lipinski definition) is 4. The summed E-state index contributed by atoms with van der Waals surface area (Å²) in [5.74, 6) is -0.176.